The zero-order valence-corrected chi connectivity index (χ0v) is 14.7. The van der Waals surface area contributed by atoms with Crippen molar-refractivity contribution in [2.24, 2.45) is 11.1 Å². The maximum Gasteiger partial charge on any atom is 0.304 e. The molecule has 128 valence electrons. The number of nitroso groups, excluding NO2 is 1. The van der Waals surface area contributed by atoms with Crippen LogP contribution in [-0.2, 0) is 14.8 Å². The molecule has 1 unspecified atom stereocenters. The molecule has 24 heavy (non-hydrogen) atoms. The van der Waals surface area contributed by atoms with Gasteiger partial charge < -0.3 is 0 Å². The number of nitrogens with zero attached hydrogens (tertiary/aromatic N) is 3. The van der Waals surface area contributed by atoms with Crippen LogP contribution in [0.25, 0.3) is 11.4 Å². The van der Waals surface area contributed by atoms with E-state index in [1.807, 2.05) is 6.07 Å². The Balaban J connectivity index is 2.25. The van der Waals surface area contributed by atoms with Gasteiger partial charge in [0.2, 0.25) is 4.34 Å². The van der Waals surface area contributed by atoms with Crippen LogP contribution in [0.5, 0.6) is 0 Å². The molecule has 0 spiro atoms. The lowest BCUT2D eigenvalue weighted by Crippen LogP contribution is -2.40. The molecule has 1 aromatic heterocycles. The molecule has 1 aromatic carbocycles. The summed E-state index contributed by atoms with van der Waals surface area (Å²) in [7, 11) is -4.07. The normalized spacial score (nSPS) is 13.0. The van der Waals surface area contributed by atoms with E-state index in [0.29, 0.717) is 17.1 Å². The van der Waals surface area contributed by atoms with Crippen molar-refractivity contribution in [2.75, 3.05) is 0 Å². The Morgan fingerprint density at radius 1 is 1.29 bits per heavy atom. The topological polar surface area (TPSA) is 118 Å². The van der Waals surface area contributed by atoms with Gasteiger partial charge >= 0.3 is 5.91 Å². The number of amides is 1. The summed E-state index contributed by atoms with van der Waals surface area (Å²) in [5, 5.41) is 2.32. The fourth-order valence-corrected chi connectivity index (χ4v) is 3.96. The fraction of sp³-hybridized carbons (Fsp3) is 0.357. The number of carbonyl (C=O) groups excluding carboxylic acids is 1. The molecule has 1 N–H and O–H groups in total. The molecule has 8 nitrogen and oxygen atoms in total. The van der Waals surface area contributed by atoms with Gasteiger partial charge in [-0.05, 0) is 23.9 Å². The van der Waals surface area contributed by atoms with Crippen LogP contribution < -0.4 is 4.72 Å². The Bertz CT molecular complexity index is 818. The summed E-state index contributed by atoms with van der Waals surface area (Å²) in [4.78, 5) is 26.0. The summed E-state index contributed by atoms with van der Waals surface area (Å²) < 4.78 is 30.7. The molecule has 1 heterocycles. The number of benzene rings is 1. The number of aromatic nitrogens is 2. The third kappa shape index (κ3) is 4.49. The van der Waals surface area contributed by atoms with E-state index < -0.39 is 22.0 Å². The number of carbonyl (C=O) groups is 1. The van der Waals surface area contributed by atoms with Gasteiger partial charge in [-0.15, -0.1) is 4.91 Å². The number of sulfonamides is 1. The van der Waals surface area contributed by atoms with Crippen molar-refractivity contribution in [3.63, 3.8) is 0 Å². The molecule has 1 atom stereocenters. The van der Waals surface area contributed by atoms with Crippen molar-refractivity contribution in [3.8, 4) is 11.4 Å². The summed E-state index contributed by atoms with van der Waals surface area (Å²) in [6.45, 7) is 3.61. The van der Waals surface area contributed by atoms with Crippen molar-refractivity contribution in [3.05, 3.63) is 35.2 Å². The first-order valence-electron chi connectivity index (χ1n) is 7.12. The molecule has 2 aromatic rings. The van der Waals surface area contributed by atoms with Crippen LogP contribution in [0.2, 0.25) is 0 Å². The predicted molar refractivity (Wildman–Crippen MR) is 89.7 cm³/mol. The van der Waals surface area contributed by atoms with E-state index in [4.69, 9.17) is 0 Å². The second-order valence-corrected chi connectivity index (χ2v) is 8.12. The Morgan fingerprint density at radius 2 is 1.96 bits per heavy atom. The average molecular weight is 368 g/mol. The SMILES string of the molecule is CC(C)CC(NS(=O)(=O)c1nc(-c2ccccc2)ns1)C(=O)N=O. The maximum absolute atomic E-state index is 12.4. The van der Waals surface area contributed by atoms with Gasteiger partial charge in [-0.2, -0.15) is 9.10 Å². The van der Waals surface area contributed by atoms with E-state index in [2.05, 4.69) is 19.3 Å². The average Bonchev–Trinajstić information content (AvgIpc) is 3.04. The van der Waals surface area contributed by atoms with Crippen molar-refractivity contribution < 1.29 is 13.2 Å². The summed E-state index contributed by atoms with van der Waals surface area (Å²) in [5.74, 6) is -0.779. The first-order chi connectivity index (χ1) is 11.3. The third-order valence-corrected chi connectivity index (χ3v) is 5.60. The number of nitrogens with one attached hydrogen (secondary N) is 1. The molecule has 1 amide bonds. The van der Waals surface area contributed by atoms with Crippen LogP contribution in [0, 0.1) is 10.8 Å². The van der Waals surface area contributed by atoms with Crippen LogP contribution in [0.15, 0.2) is 39.8 Å². The molecule has 0 aliphatic carbocycles. The van der Waals surface area contributed by atoms with Gasteiger partial charge in [-0.3, -0.25) is 4.79 Å². The molecular formula is C14H16N4O4S2. The lowest BCUT2D eigenvalue weighted by Gasteiger charge is -2.15. The van der Waals surface area contributed by atoms with Crippen LogP contribution in [0.3, 0.4) is 0 Å². The highest BCUT2D eigenvalue weighted by Crippen LogP contribution is 2.21. The first-order valence-corrected chi connectivity index (χ1v) is 9.38. The van der Waals surface area contributed by atoms with Crippen LogP contribution in [0.4, 0.5) is 0 Å². The second kappa shape index (κ2) is 7.69. The van der Waals surface area contributed by atoms with Crippen LogP contribution in [-0.4, -0.2) is 29.7 Å². The molecule has 2 rings (SSSR count). The van der Waals surface area contributed by atoms with E-state index >= 15 is 0 Å². The minimum Gasteiger partial charge on any atom is -0.267 e. The van der Waals surface area contributed by atoms with Gasteiger partial charge in [0.05, 0.1) is 0 Å². The highest BCUT2D eigenvalue weighted by atomic mass is 32.2. The van der Waals surface area contributed by atoms with Gasteiger partial charge in [-0.1, -0.05) is 44.2 Å². The monoisotopic (exact) mass is 368 g/mol. The quantitative estimate of drug-likeness (QED) is 0.748. The zero-order valence-electron chi connectivity index (χ0n) is 13.0. The molecule has 0 saturated carbocycles. The largest absolute Gasteiger partial charge is 0.304 e. The summed E-state index contributed by atoms with van der Waals surface area (Å²) in [5.41, 5.74) is 0.680. The molecule has 0 radical (unpaired) electrons. The molecule has 0 aliphatic heterocycles. The minimum absolute atomic E-state index is 0.00213. The standard InChI is InChI=1S/C14H16N4O4S2/c1-9(2)8-11(13(19)16-20)18-24(21,22)14-15-12(17-23-14)10-6-4-3-5-7-10/h3-7,9,11,18H,8H2,1-2H3. The van der Waals surface area contributed by atoms with Crippen molar-refractivity contribution in [1.29, 1.82) is 0 Å². The first kappa shape index (κ1) is 18.3. The highest BCUT2D eigenvalue weighted by molar-refractivity contribution is 7.91. The predicted octanol–water partition coefficient (Wildman–Crippen LogP) is 2.19. The summed E-state index contributed by atoms with van der Waals surface area (Å²) >= 11 is 0.700. The summed E-state index contributed by atoms with van der Waals surface area (Å²) in [6.07, 6.45) is 0.161. The van der Waals surface area contributed by atoms with Crippen molar-refractivity contribution >= 4 is 27.5 Å². The van der Waals surface area contributed by atoms with E-state index in [0.717, 1.165) is 0 Å². The highest BCUT2D eigenvalue weighted by Gasteiger charge is 2.29. The van der Waals surface area contributed by atoms with Crippen LogP contribution in [0.1, 0.15) is 20.3 Å². The Kier molecular flexibility index (Phi) is 5.86. The Labute approximate surface area is 143 Å². The minimum atomic E-state index is -4.07. The molecule has 0 fully saturated rings. The Hall–Kier alpha value is -2.04. The van der Waals surface area contributed by atoms with Gasteiger partial charge in [0, 0.05) is 10.7 Å². The number of hydrogen-bond donors (Lipinski definition) is 1. The van der Waals surface area contributed by atoms with E-state index in [1.54, 1.807) is 38.1 Å². The van der Waals surface area contributed by atoms with Gasteiger partial charge in [0.1, 0.15) is 6.04 Å². The molecule has 0 bridgehead atoms. The zero-order chi connectivity index (χ0) is 17.7. The third-order valence-electron chi connectivity index (χ3n) is 3.06. The fourth-order valence-electron chi connectivity index (χ4n) is 2.00. The van der Waals surface area contributed by atoms with Crippen molar-refractivity contribution in [2.45, 2.75) is 30.6 Å². The number of rotatable bonds is 7. The molecular weight excluding hydrogens is 352 g/mol. The van der Waals surface area contributed by atoms with Gasteiger partial charge in [0.25, 0.3) is 10.0 Å². The summed E-state index contributed by atoms with van der Waals surface area (Å²) in [6, 6.07) is 7.70. The lowest BCUT2D eigenvalue weighted by atomic mass is 10.0. The van der Waals surface area contributed by atoms with E-state index in [-0.39, 0.29) is 22.5 Å². The van der Waals surface area contributed by atoms with E-state index in [9.17, 15) is 18.1 Å². The van der Waals surface area contributed by atoms with Gasteiger partial charge in [0.15, 0.2) is 5.82 Å². The Morgan fingerprint density at radius 3 is 2.54 bits per heavy atom. The van der Waals surface area contributed by atoms with Gasteiger partial charge in [-0.25, -0.2) is 13.4 Å². The van der Waals surface area contributed by atoms with Crippen LogP contribution >= 0.6 is 11.5 Å². The smallest absolute Gasteiger partial charge is 0.267 e. The molecule has 0 aliphatic rings. The lowest BCUT2D eigenvalue weighted by molar-refractivity contribution is -0.119. The maximum atomic E-state index is 12.4. The van der Waals surface area contributed by atoms with E-state index in [1.165, 1.54) is 0 Å². The number of hydrogen-bond acceptors (Lipinski definition) is 7. The second-order valence-electron chi connectivity index (χ2n) is 5.48. The van der Waals surface area contributed by atoms with Crippen molar-refractivity contribution in [1.82, 2.24) is 14.1 Å². The molecule has 10 heteroatoms. The molecule has 0 saturated heterocycles.